The molecule has 6 rings (SSSR count). The molecule has 250 valence electrons. The van der Waals surface area contributed by atoms with E-state index in [0.29, 0.717) is 65.1 Å². The van der Waals surface area contributed by atoms with Crippen molar-refractivity contribution >= 4 is 39.1 Å². The van der Waals surface area contributed by atoms with Gasteiger partial charge in [-0.3, -0.25) is 0 Å². The number of ether oxygens (including phenoxy) is 4. The summed E-state index contributed by atoms with van der Waals surface area (Å²) >= 11 is 7.93. The van der Waals surface area contributed by atoms with Crippen LogP contribution in [0.4, 0.5) is 4.39 Å². The molecule has 1 atom stereocenters. The predicted octanol–water partition coefficient (Wildman–Crippen LogP) is 7.29. The second-order valence-electron chi connectivity index (χ2n) is 10.7. The molecule has 14 heteroatoms. The number of hydrogen-bond donors (Lipinski definition) is 2. The van der Waals surface area contributed by atoms with E-state index in [-0.39, 0.29) is 24.9 Å². The Labute approximate surface area is 288 Å². The number of thiophene rings is 1. The number of hydrogen-bond acceptors (Lipinski definition) is 11. The van der Waals surface area contributed by atoms with Crippen molar-refractivity contribution in [1.82, 2.24) is 19.9 Å². The van der Waals surface area contributed by atoms with Crippen LogP contribution < -0.4 is 18.9 Å². The number of carboxylic acid groups (broad SMARTS) is 1. The molecule has 0 radical (unpaired) electrons. The summed E-state index contributed by atoms with van der Waals surface area (Å²) in [6, 6.07) is 16.4. The zero-order valence-electron chi connectivity index (χ0n) is 26.3. The van der Waals surface area contributed by atoms with E-state index in [1.165, 1.54) is 44.0 Å². The molecule has 0 aliphatic heterocycles. The van der Waals surface area contributed by atoms with Crippen molar-refractivity contribution in [3.8, 4) is 50.7 Å². The molecule has 3 aromatic heterocycles. The third-order valence-corrected chi connectivity index (χ3v) is 9.28. The van der Waals surface area contributed by atoms with Gasteiger partial charge in [0, 0.05) is 23.1 Å². The Morgan fingerprint density at radius 3 is 2.59 bits per heavy atom. The number of phenols is 1. The molecule has 49 heavy (non-hydrogen) atoms. The van der Waals surface area contributed by atoms with E-state index in [9.17, 15) is 19.4 Å². The number of fused-ring (bicyclic) bond motifs is 1. The van der Waals surface area contributed by atoms with E-state index in [4.69, 9.17) is 30.5 Å². The lowest BCUT2D eigenvalue weighted by Gasteiger charge is -2.18. The van der Waals surface area contributed by atoms with E-state index >= 15 is 0 Å². The number of carboxylic acids is 1. The first-order valence-corrected chi connectivity index (χ1v) is 15.9. The zero-order valence-corrected chi connectivity index (χ0v) is 27.9. The maximum Gasteiger partial charge on any atom is 0.345 e. The van der Waals surface area contributed by atoms with Gasteiger partial charge < -0.3 is 29.2 Å². The predicted molar refractivity (Wildman–Crippen MR) is 181 cm³/mol. The highest BCUT2D eigenvalue weighted by molar-refractivity contribution is 7.22. The number of aromatic hydroxyl groups is 1. The summed E-state index contributed by atoms with van der Waals surface area (Å²) in [7, 11) is 2.97. The van der Waals surface area contributed by atoms with Gasteiger partial charge in [-0.25, -0.2) is 24.1 Å². The molecular formula is C35H28ClFN4O7S. The van der Waals surface area contributed by atoms with Crippen LogP contribution in [0.5, 0.6) is 29.1 Å². The number of aliphatic carboxylic acids is 1. The highest BCUT2D eigenvalue weighted by atomic mass is 35.5. The maximum atomic E-state index is 14.1. The van der Waals surface area contributed by atoms with Gasteiger partial charge in [0.05, 0.1) is 30.3 Å². The van der Waals surface area contributed by atoms with E-state index in [1.807, 2.05) is 6.92 Å². The van der Waals surface area contributed by atoms with E-state index in [2.05, 4.69) is 19.9 Å². The number of phenolic OH excluding ortho intramolecular Hbond substituents is 1. The van der Waals surface area contributed by atoms with Crippen LogP contribution in [-0.2, 0) is 17.8 Å². The first-order valence-electron chi connectivity index (χ1n) is 14.7. The lowest BCUT2D eigenvalue weighted by atomic mass is 9.95. The second kappa shape index (κ2) is 14.3. The first-order chi connectivity index (χ1) is 23.7. The fraction of sp³-hybridized carbons (Fsp3) is 0.171. The molecular weight excluding hydrogens is 675 g/mol. The van der Waals surface area contributed by atoms with Gasteiger partial charge in [0.2, 0.25) is 12.0 Å². The molecule has 0 saturated heterocycles. The molecule has 0 amide bonds. The van der Waals surface area contributed by atoms with Crippen LogP contribution in [0.25, 0.3) is 31.8 Å². The zero-order chi connectivity index (χ0) is 34.7. The van der Waals surface area contributed by atoms with Gasteiger partial charge in [0.1, 0.15) is 29.3 Å². The van der Waals surface area contributed by atoms with Crippen LogP contribution in [0.3, 0.4) is 0 Å². The minimum atomic E-state index is -1.39. The fourth-order valence-corrected chi connectivity index (χ4v) is 6.62. The van der Waals surface area contributed by atoms with Crippen molar-refractivity contribution in [1.29, 1.82) is 0 Å². The summed E-state index contributed by atoms with van der Waals surface area (Å²) < 4.78 is 36.8. The maximum absolute atomic E-state index is 14.1. The standard InChI is InChI=1S/C35H28ClFN4O7S/c1-18-22(9-11-26(45-2)30(18)36)28-29-32(39-17-40-33(29)49-31(28)20-8-10-23(37)24(42)14-20)48-27(34(43)44)15-19-6-4-5-7-25(19)47-16-21-12-13-38-35(41-21)46-3/h4-14,17,27,42H,15-16H2,1-3H3,(H,43,44)/t27-/m1/s1. The number of nitrogens with zero attached hydrogens (tertiary/aromatic N) is 4. The minimum Gasteiger partial charge on any atom is -0.505 e. The van der Waals surface area contributed by atoms with Gasteiger partial charge in [0.25, 0.3) is 0 Å². The average molecular weight is 703 g/mol. The summed E-state index contributed by atoms with van der Waals surface area (Å²) in [6.07, 6.45) is 1.37. The van der Waals surface area contributed by atoms with Gasteiger partial charge >= 0.3 is 12.0 Å². The van der Waals surface area contributed by atoms with E-state index in [1.54, 1.807) is 48.7 Å². The normalized spacial score (nSPS) is 11.7. The minimum absolute atomic E-state index is 0.0130. The van der Waals surface area contributed by atoms with Gasteiger partial charge in [-0.05, 0) is 59.5 Å². The molecule has 0 aliphatic carbocycles. The van der Waals surface area contributed by atoms with Crippen molar-refractivity contribution in [2.45, 2.75) is 26.1 Å². The molecule has 3 heterocycles. The van der Waals surface area contributed by atoms with Crippen molar-refractivity contribution < 1.29 is 38.3 Å². The Morgan fingerprint density at radius 2 is 1.84 bits per heavy atom. The summed E-state index contributed by atoms with van der Waals surface area (Å²) in [5.74, 6) is -1.61. The molecule has 11 nitrogen and oxygen atoms in total. The highest BCUT2D eigenvalue weighted by Crippen LogP contribution is 2.50. The number of benzene rings is 3. The Bertz CT molecular complexity index is 2180. The summed E-state index contributed by atoms with van der Waals surface area (Å²) in [6.45, 7) is 1.90. The lowest BCUT2D eigenvalue weighted by molar-refractivity contribution is -0.145. The van der Waals surface area contributed by atoms with Gasteiger partial charge in [0.15, 0.2) is 11.6 Å². The van der Waals surface area contributed by atoms with Crippen LogP contribution >= 0.6 is 22.9 Å². The number of para-hydroxylation sites is 1. The summed E-state index contributed by atoms with van der Waals surface area (Å²) in [5, 5.41) is 21.4. The quantitative estimate of drug-likeness (QED) is 0.133. The average Bonchev–Trinajstić information content (AvgIpc) is 3.50. The second-order valence-corrected chi connectivity index (χ2v) is 12.0. The molecule has 0 aliphatic rings. The molecule has 0 bridgehead atoms. The Balaban J connectivity index is 1.41. The number of methoxy groups -OCH3 is 2. The van der Waals surface area contributed by atoms with Crippen LogP contribution in [-0.4, -0.2) is 56.4 Å². The molecule has 0 spiro atoms. The SMILES string of the molecule is COc1nccc(COc2ccccc2C[C@@H](Oc2ncnc3sc(-c4ccc(F)c(O)c4)c(-c4ccc(OC)c(Cl)c4C)c23)C(=O)O)n1. The topological polar surface area (TPSA) is 146 Å². The lowest BCUT2D eigenvalue weighted by Crippen LogP contribution is -2.30. The summed E-state index contributed by atoms with van der Waals surface area (Å²) in [4.78, 5) is 30.9. The molecule has 0 fully saturated rings. The Morgan fingerprint density at radius 1 is 1.02 bits per heavy atom. The van der Waals surface area contributed by atoms with E-state index < -0.39 is 23.6 Å². The van der Waals surface area contributed by atoms with Crippen molar-refractivity contribution in [3.63, 3.8) is 0 Å². The fourth-order valence-electron chi connectivity index (χ4n) is 5.23. The van der Waals surface area contributed by atoms with Crippen molar-refractivity contribution in [2.75, 3.05) is 14.2 Å². The van der Waals surface area contributed by atoms with E-state index in [0.717, 1.165) is 6.07 Å². The monoisotopic (exact) mass is 702 g/mol. The number of halogens is 2. The third-order valence-electron chi connectivity index (χ3n) is 7.66. The van der Waals surface area contributed by atoms with Crippen LogP contribution in [0.2, 0.25) is 5.02 Å². The molecule has 0 saturated carbocycles. The largest absolute Gasteiger partial charge is 0.505 e. The van der Waals surface area contributed by atoms with Crippen molar-refractivity contribution in [2.24, 2.45) is 0 Å². The van der Waals surface area contributed by atoms with Gasteiger partial charge in [-0.2, -0.15) is 4.98 Å². The van der Waals surface area contributed by atoms with Crippen LogP contribution in [0.15, 0.2) is 73.2 Å². The number of rotatable bonds is 12. The van der Waals surface area contributed by atoms with Gasteiger partial charge in [-0.1, -0.05) is 41.9 Å². The highest BCUT2D eigenvalue weighted by Gasteiger charge is 2.28. The molecule has 2 N–H and O–H groups in total. The molecule has 3 aromatic carbocycles. The van der Waals surface area contributed by atoms with Gasteiger partial charge in [-0.15, -0.1) is 11.3 Å². The first kappa shape index (κ1) is 33.4. The number of carbonyl (C=O) groups is 1. The van der Waals surface area contributed by atoms with Crippen molar-refractivity contribution in [3.05, 3.63) is 101 Å². The Kier molecular flexibility index (Phi) is 9.74. The third kappa shape index (κ3) is 6.89. The smallest absolute Gasteiger partial charge is 0.345 e. The molecule has 0 unspecified atom stereocenters. The number of aromatic nitrogens is 4. The molecule has 6 aromatic rings. The van der Waals surface area contributed by atoms with Crippen LogP contribution in [0, 0.1) is 12.7 Å². The van der Waals surface area contributed by atoms with Crippen LogP contribution in [0.1, 0.15) is 16.8 Å². The Hall–Kier alpha value is -5.53. The summed E-state index contributed by atoms with van der Waals surface area (Å²) in [5.41, 5.74) is 3.52.